The number of nitrogens with one attached hydrogen (secondary N) is 1. The van der Waals surface area contributed by atoms with Gasteiger partial charge in [0, 0.05) is 11.6 Å². The molecule has 1 atom stereocenters. The number of hydrogen-bond donors (Lipinski definition) is 2. The molecule has 0 saturated carbocycles. The molecule has 1 unspecified atom stereocenters. The molecule has 1 rings (SSSR count). The Morgan fingerprint density at radius 3 is 1.56 bits per heavy atom. The van der Waals surface area contributed by atoms with E-state index >= 15 is 0 Å². The van der Waals surface area contributed by atoms with Crippen LogP contribution in [0.15, 0.2) is 0 Å². The van der Waals surface area contributed by atoms with Crippen LogP contribution in [0.5, 0.6) is 0 Å². The van der Waals surface area contributed by atoms with E-state index in [2.05, 4.69) is 5.32 Å². The van der Waals surface area contributed by atoms with Crippen molar-refractivity contribution in [3.8, 4) is 0 Å². The Morgan fingerprint density at radius 1 is 0.889 bits per heavy atom. The summed E-state index contributed by atoms with van der Waals surface area (Å²) in [6.07, 6.45) is 0. The molecule has 0 spiro atoms. The fourth-order valence-corrected chi connectivity index (χ4v) is 1.15. The fraction of sp³-hybridized carbons (Fsp3) is 0.455. The second kappa shape index (κ2) is 4.72. The SMILES string of the molecule is CC(N)C(C)(C)Nc1c(F)c(F)c(F)c(F)c1F. The van der Waals surface area contributed by atoms with Gasteiger partial charge in [-0.15, -0.1) is 0 Å². The van der Waals surface area contributed by atoms with E-state index in [0.29, 0.717) is 0 Å². The molecule has 3 N–H and O–H groups in total. The largest absolute Gasteiger partial charge is 0.374 e. The Kier molecular flexibility index (Phi) is 3.85. The van der Waals surface area contributed by atoms with Crippen molar-refractivity contribution in [2.75, 3.05) is 5.32 Å². The molecule has 7 heteroatoms. The predicted octanol–water partition coefficient (Wildman–Crippen LogP) is 2.92. The Bertz CT molecular complexity index is 442. The van der Waals surface area contributed by atoms with Crippen molar-refractivity contribution in [1.29, 1.82) is 0 Å². The van der Waals surface area contributed by atoms with Crippen LogP contribution in [0, 0.1) is 29.1 Å². The summed E-state index contributed by atoms with van der Waals surface area (Å²) in [5.74, 6) is -9.97. The second-order valence-electron chi connectivity index (χ2n) is 4.58. The summed E-state index contributed by atoms with van der Waals surface area (Å²) in [7, 11) is 0. The summed E-state index contributed by atoms with van der Waals surface area (Å²) >= 11 is 0. The van der Waals surface area contributed by atoms with Crippen LogP contribution in [-0.4, -0.2) is 11.6 Å². The van der Waals surface area contributed by atoms with E-state index in [4.69, 9.17) is 5.73 Å². The summed E-state index contributed by atoms with van der Waals surface area (Å²) in [5, 5.41) is 2.24. The van der Waals surface area contributed by atoms with Crippen LogP contribution in [0.3, 0.4) is 0 Å². The summed E-state index contributed by atoms with van der Waals surface area (Å²) in [4.78, 5) is 0. The Hall–Kier alpha value is -1.37. The molecule has 0 fully saturated rings. The zero-order valence-electron chi connectivity index (χ0n) is 10.0. The van der Waals surface area contributed by atoms with Crippen LogP contribution in [0.4, 0.5) is 27.6 Å². The molecule has 0 saturated heterocycles. The first-order valence-corrected chi connectivity index (χ1v) is 5.14. The molecule has 0 aromatic heterocycles. The molecule has 102 valence electrons. The molecule has 1 aromatic rings. The van der Waals surface area contributed by atoms with Crippen LogP contribution in [0.2, 0.25) is 0 Å². The molecule has 0 heterocycles. The first-order valence-electron chi connectivity index (χ1n) is 5.14. The lowest BCUT2D eigenvalue weighted by Crippen LogP contribution is -2.47. The van der Waals surface area contributed by atoms with Crippen LogP contribution >= 0.6 is 0 Å². The molecule has 1 aromatic carbocycles. The lowest BCUT2D eigenvalue weighted by molar-refractivity contribution is 0.376. The monoisotopic (exact) mass is 268 g/mol. The van der Waals surface area contributed by atoms with Gasteiger partial charge in [0.05, 0.1) is 0 Å². The van der Waals surface area contributed by atoms with Crippen LogP contribution < -0.4 is 11.1 Å². The number of benzene rings is 1. The Labute approximate surface area is 101 Å². The van der Waals surface area contributed by atoms with Gasteiger partial charge >= 0.3 is 0 Å². The molecule has 0 aliphatic carbocycles. The summed E-state index contributed by atoms with van der Waals surface area (Å²) in [6, 6.07) is -0.576. The first kappa shape index (κ1) is 14.7. The van der Waals surface area contributed by atoms with E-state index < -0.39 is 46.4 Å². The quantitative estimate of drug-likeness (QED) is 0.502. The minimum absolute atomic E-state index is 0.576. The number of halogens is 5. The molecular weight excluding hydrogens is 255 g/mol. The fourth-order valence-electron chi connectivity index (χ4n) is 1.15. The van der Waals surface area contributed by atoms with Gasteiger partial charge in [-0.05, 0) is 20.8 Å². The van der Waals surface area contributed by atoms with Gasteiger partial charge in [0.1, 0.15) is 5.69 Å². The summed E-state index contributed by atoms with van der Waals surface area (Å²) in [6.45, 7) is 4.50. The van der Waals surface area contributed by atoms with E-state index in [-0.39, 0.29) is 0 Å². The van der Waals surface area contributed by atoms with Gasteiger partial charge in [-0.25, -0.2) is 22.0 Å². The van der Waals surface area contributed by atoms with E-state index in [9.17, 15) is 22.0 Å². The van der Waals surface area contributed by atoms with Gasteiger partial charge in [-0.2, -0.15) is 0 Å². The summed E-state index contributed by atoms with van der Waals surface area (Å²) < 4.78 is 65.4. The highest BCUT2D eigenvalue weighted by Gasteiger charge is 2.30. The number of anilines is 1. The van der Waals surface area contributed by atoms with Gasteiger partial charge in [-0.3, -0.25) is 0 Å². The lowest BCUT2D eigenvalue weighted by atomic mass is 9.96. The molecule has 0 aliphatic rings. The third-order valence-electron chi connectivity index (χ3n) is 2.80. The van der Waals surface area contributed by atoms with Crippen molar-refractivity contribution in [2.45, 2.75) is 32.4 Å². The molecule has 18 heavy (non-hydrogen) atoms. The average Bonchev–Trinajstić information content (AvgIpc) is 2.29. The zero-order chi connectivity index (χ0) is 14.2. The average molecular weight is 268 g/mol. The topological polar surface area (TPSA) is 38.0 Å². The maximum atomic E-state index is 13.4. The number of rotatable bonds is 3. The smallest absolute Gasteiger partial charge is 0.200 e. The highest BCUT2D eigenvalue weighted by atomic mass is 19.2. The van der Waals surface area contributed by atoms with Crippen LogP contribution in [0.25, 0.3) is 0 Å². The molecular formula is C11H13F5N2. The molecule has 2 nitrogen and oxygen atoms in total. The molecule has 0 radical (unpaired) electrons. The minimum atomic E-state index is -2.19. The van der Waals surface area contributed by atoms with Crippen molar-refractivity contribution in [3.63, 3.8) is 0 Å². The third-order valence-corrected chi connectivity index (χ3v) is 2.80. The maximum Gasteiger partial charge on any atom is 0.200 e. The van der Waals surface area contributed by atoms with Crippen molar-refractivity contribution in [2.24, 2.45) is 5.73 Å². The standard InChI is InChI=1S/C11H13F5N2/c1-4(17)11(2,3)18-10-8(15)6(13)5(12)7(14)9(10)16/h4,18H,17H2,1-3H3. The maximum absolute atomic E-state index is 13.4. The van der Waals surface area contributed by atoms with Crippen molar-refractivity contribution in [1.82, 2.24) is 0 Å². The van der Waals surface area contributed by atoms with Gasteiger partial charge < -0.3 is 11.1 Å². The van der Waals surface area contributed by atoms with E-state index in [1.807, 2.05) is 0 Å². The molecule has 0 amide bonds. The normalized spacial score (nSPS) is 13.6. The Balaban J connectivity index is 3.35. The van der Waals surface area contributed by atoms with Crippen molar-refractivity contribution >= 4 is 5.69 Å². The van der Waals surface area contributed by atoms with Gasteiger partial charge in [0.2, 0.25) is 5.82 Å². The lowest BCUT2D eigenvalue weighted by Gasteiger charge is -2.31. The van der Waals surface area contributed by atoms with Crippen molar-refractivity contribution in [3.05, 3.63) is 29.1 Å². The second-order valence-corrected chi connectivity index (χ2v) is 4.58. The van der Waals surface area contributed by atoms with E-state index in [0.717, 1.165) is 0 Å². The Morgan fingerprint density at radius 2 is 1.22 bits per heavy atom. The zero-order valence-corrected chi connectivity index (χ0v) is 10.0. The number of hydrogen-bond acceptors (Lipinski definition) is 2. The minimum Gasteiger partial charge on any atom is -0.374 e. The van der Waals surface area contributed by atoms with E-state index in [1.54, 1.807) is 6.92 Å². The van der Waals surface area contributed by atoms with Crippen molar-refractivity contribution < 1.29 is 22.0 Å². The summed E-state index contributed by atoms with van der Waals surface area (Å²) in [5.41, 5.74) is 3.44. The third kappa shape index (κ3) is 2.40. The van der Waals surface area contributed by atoms with Crippen LogP contribution in [0.1, 0.15) is 20.8 Å². The van der Waals surface area contributed by atoms with Gasteiger partial charge in [0.25, 0.3) is 0 Å². The predicted molar refractivity (Wildman–Crippen MR) is 57.6 cm³/mol. The van der Waals surface area contributed by atoms with Crippen LogP contribution in [-0.2, 0) is 0 Å². The highest BCUT2D eigenvalue weighted by molar-refractivity contribution is 5.49. The number of nitrogens with two attached hydrogens (primary N) is 1. The van der Waals surface area contributed by atoms with Gasteiger partial charge in [-0.1, -0.05) is 0 Å². The highest BCUT2D eigenvalue weighted by Crippen LogP contribution is 2.29. The van der Waals surface area contributed by atoms with Gasteiger partial charge in [0.15, 0.2) is 23.3 Å². The molecule has 0 aliphatic heterocycles. The van der Waals surface area contributed by atoms with E-state index in [1.165, 1.54) is 13.8 Å². The molecule has 0 bridgehead atoms. The first-order chi connectivity index (χ1) is 8.09.